The molecule has 0 spiro atoms. The van der Waals surface area contributed by atoms with Crippen molar-refractivity contribution in [2.45, 2.75) is 13.2 Å². The molecule has 0 bridgehead atoms. The van der Waals surface area contributed by atoms with E-state index in [9.17, 15) is 4.79 Å². The molecular formula is C8H8Cl3NO2. The van der Waals surface area contributed by atoms with E-state index < -0.39 is 6.23 Å². The van der Waals surface area contributed by atoms with Gasteiger partial charge in [0.15, 0.2) is 12.0 Å². The van der Waals surface area contributed by atoms with Crippen molar-refractivity contribution in [3.8, 4) is 0 Å². The summed E-state index contributed by atoms with van der Waals surface area (Å²) < 4.78 is 5.14. The first-order valence-electron chi connectivity index (χ1n) is 3.80. The summed E-state index contributed by atoms with van der Waals surface area (Å²) in [6.45, 7) is 1.40. The zero-order valence-corrected chi connectivity index (χ0v) is 9.58. The number of carbonyl (C=O) groups is 1. The summed E-state index contributed by atoms with van der Waals surface area (Å²) in [5.41, 5.74) is 0. The molecule has 1 aliphatic rings. The maximum atomic E-state index is 10.7. The van der Waals surface area contributed by atoms with Gasteiger partial charge in [0, 0.05) is 0 Å². The first kappa shape index (κ1) is 11.9. The van der Waals surface area contributed by atoms with Gasteiger partial charge in [-0.3, -0.25) is 4.79 Å². The smallest absolute Gasteiger partial charge is 0.165 e. The Bertz CT molecular complexity index is 312. The number of halogens is 3. The standard InChI is InChI=1S/C8H8Cl3NO2/c1-4(13)3-14-8-6(10)2-5(9)7(11)12-8/h2,8,12H,3H2,1H3. The van der Waals surface area contributed by atoms with E-state index in [4.69, 9.17) is 39.5 Å². The van der Waals surface area contributed by atoms with E-state index in [1.54, 1.807) is 0 Å². The molecule has 14 heavy (non-hydrogen) atoms. The number of rotatable bonds is 3. The molecule has 0 aromatic heterocycles. The molecule has 1 unspecified atom stereocenters. The van der Waals surface area contributed by atoms with Crippen LogP contribution >= 0.6 is 34.8 Å². The number of carbonyl (C=O) groups excluding carboxylic acids is 1. The second-order valence-corrected chi connectivity index (χ2v) is 3.95. The van der Waals surface area contributed by atoms with Gasteiger partial charge in [-0.05, 0) is 13.0 Å². The fraction of sp³-hybridized carbons (Fsp3) is 0.375. The van der Waals surface area contributed by atoms with Gasteiger partial charge in [0.1, 0.15) is 11.8 Å². The van der Waals surface area contributed by atoms with Crippen molar-refractivity contribution < 1.29 is 9.53 Å². The zero-order valence-electron chi connectivity index (χ0n) is 7.31. The molecule has 1 aliphatic heterocycles. The fourth-order valence-electron chi connectivity index (χ4n) is 0.835. The number of dihydropyridines is 1. The lowest BCUT2D eigenvalue weighted by Gasteiger charge is -2.22. The van der Waals surface area contributed by atoms with Gasteiger partial charge in [0.25, 0.3) is 0 Å². The third kappa shape index (κ3) is 3.17. The number of nitrogens with one attached hydrogen (secondary N) is 1. The van der Waals surface area contributed by atoms with Crippen molar-refractivity contribution in [2.24, 2.45) is 0 Å². The van der Waals surface area contributed by atoms with Crippen LogP contribution in [-0.2, 0) is 9.53 Å². The predicted molar refractivity (Wildman–Crippen MR) is 56.2 cm³/mol. The molecule has 0 radical (unpaired) electrons. The minimum absolute atomic E-state index is 0.0243. The number of ether oxygens (including phenoxy) is 1. The maximum absolute atomic E-state index is 10.7. The second-order valence-electron chi connectivity index (χ2n) is 2.73. The Labute approximate surface area is 96.6 Å². The molecule has 1 rings (SSSR count). The first-order valence-corrected chi connectivity index (χ1v) is 4.94. The molecule has 0 aromatic rings. The largest absolute Gasteiger partial charge is 0.346 e. The zero-order chi connectivity index (χ0) is 10.7. The summed E-state index contributed by atoms with van der Waals surface area (Å²) in [4.78, 5) is 10.7. The van der Waals surface area contributed by atoms with Crippen LogP contribution in [0.25, 0.3) is 0 Å². The first-order chi connectivity index (χ1) is 6.50. The van der Waals surface area contributed by atoms with Crippen LogP contribution in [-0.4, -0.2) is 18.6 Å². The highest BCUT2D eigenvalue weighted by Gasteiger charge is 2.20. The number of hydrogen-bond donors (Lipinski definition) is 1. The molecule has 1 heterocycles. The highest BCUT2D eigenvalue weighted by atomic mass is 35.5. The van der Waals surface area contributed by atoms with Gasteiger partial charge in [-0.15, -0.1) is 0 Å². The Morgan fingerprint density at radius 1 is 1.57 bits per heavy atom. The Hall–Kier alpha value is -0.220. The SMILES string of the molecule is CC(=O)COC1NC(Cl)=C(Cl)C=C1Cl. The third-order valence-corrected chi connectivity index (χ3v) is 2.45. The van der Waals surface area contributed by atoms with Crippen molar-refractivity contribution in [1.82, 2.24) is 5.32 Å². The molecule has 0 saturated heterocycles. The van der Waals surface area contributed by atoms with E-state index in [1.807, 2.05) is 0 Å². The fourth-order valence-corrected chi connectivity index (χ4v) is 1.44. The van der Waals surface area contributed by atoms with Crippen LogP contribution < -0.4 is 5.32 Å². The van der Waals surface area contributed by atoms with Crippen molar-refractivity contribution >= 4 is 40.6 Å². The predicted octanol–water partition coefficient (Wildman–Crippen LogP) is 2.29. The van der Waals surface area contributed by atoms with Gasteiger partial charge in [-0.1, -0.05) is 34.8 Å². The monoisotopic (exact) mass is 255 g/mol. The van der Waals surface area contributed by atoms with Gasteiger partial charge in [0.2, 0.25) is 0 Å². The van der Waals surface area contributed by atoms with Crippen molar-refractivity contribution in [2.75, 3.05) is 6.61 Å². The molecule has 0 amide bonds. The van der Waals surface area contributed by atoms with Crippen LogP contribution in [0.3, 0.4) is 0 Å². The number of ketones is 1. The van der Waals surface area contributed by atoms with Gasteiger partial charge in [-0.2, -0.15) is 0 Å². The van der Waals surface area contributed by atoms with Crippen LogP contribution in [0.2, 0.25) is 0 Å². The van der Waals surface area contributed by atoms with Crippen molar-refractivity contribution in [3.63, 3.8) is 0 Å². The van der Waals surface area contributed by atoms with E-state index in [-0.39, 0.29) is 17.5 Å². The maximum Gasteiger partial charge on any atom is 0.165 e. The molecule has 0 fully saturated rings. The normalized spacial score (nSPS) is 21.7. The van der Waals surface area contributed by atoms with Gasteiger partial charge in [-0.25, -0.2) is 0 Å². The molecule has 3 nitrogen and oxygen atoms in total. The summed E-state index contributed by atoms with van der Waals surface area (Å²) in [7, 11) is 0. The van der Waals surface area contributed by atoms with Crippen LogP contribution in [0.4, 0.5) is 0 Å². The lowest BCUT2D eigenvalue weighted by Crippen LogP contribution is -2.34. The average molecular weight is 257 g/mol. The number of Topliss-reactive ketones (excluding diaryl/α,β-unsaturated/α-hetero) is 1. The molecule has 1 atom stereocenters. The van der Waals surface area contributed by atoms with E-state index >= 15 is 0 Å². The summed E-state index contributed by atoms with van der Waals surface area (Å²) in [5, 5.41) is 3.64. The van der Waals surface area contributed by atoms with Crippen molar-refractivity contribution in [1.29, 1.82) is 0 Å². The Morgan fingerprint density at radius 3 is 2.79 bits per heavy atom. The highest BCUT2D eigenvalue weighted by Crippen LogP contribution is 2.25. The lowest BCUT2D eigenvalue weighted by atomic mass is 10.3. The second kappa shape index (κ2) is 5.03. The Balaban J connectivity index is 2.59. The molecule has 0 saturated carbocycles. The average Bonchev–Trinajstić information content (AvgIpc) is 2.09. The molecular weight excluding hydrogens is 248 g/mol. The quantitative estimate of drug-likeness (QED) is 0.788. The van der Waals surface area contributed by atoms with Crippen LogP contribution in [0.5, 0.6) is 0 Å². The van der Waals surface area contributed by atoms with E-state index in [1.165, 1.54) is 13.0 Å². The summed E-state index contributed by atoms with van der Waals surface area (Å²) in [6.07, 6.45) is 0.878. The molecule has 0 aromatic carbocycles. The highest BCUT2D eigenvalue weighted by molar-refractivity contribution is 6.41. The van der Waals surface area contributed by atoms with Crippen LogP contribution in [0.1, 0.15) is 6.92 Å². The van der Waals surface area contributed by atoms with Crippen molar-refractivity contribution in [3.05, 3.63) is 21.3 Å². The summed E-state index contributed by atoms with van der Waals surface area (Å²) >= 11 is 17.2. The van der Waals surface area contributed by atoms with E-state index in [2.05, 4.69) is 5.32 Å². The minimum atomic E-state index is -0.601. The Morgan fingerprint density at radius 2 is 2.21 bits per heavy atom. The molecule has 6 heteroatoms. The minimum Gasteiger partial charge on any atom is -0.346 e. The van der Waals surface area contributed by atoms with Crippen LogP contribution in [0, 0.1) is 0 Å². The van der Waals surface area contributed by atoms with Crippen LogP contribution in [0.15, 0.2) is 21.3 Å². The van der Waals surface area contributed by atoms with Gasteiger partial charge < -0.3 is 10.1 Å². The number of allylic oxidation sites excluding steroid dienone is 2. The topological polar surface area (TPSA) is 38.3 Å². The summed E-state index contributed by atoms with van der Waals surface area (Å²) in [5.74, 6) is -0.0898. The lowest BCUT2D eigenvalue weighted by molar-refractivity contribution is -0.123. The summed E-state index contributed by atoms with van der Waals surface area (Å²) in [6, 6.07) is 0. The number of hydrogen-bond acceptors (Lipinski definition) is 3. The molecule has 0 aliphatic carbocycles. The molecule has 78 valence electrons. The third-order valence-electron chi connectivity index (χ3n) is 1.44. The Kier molecular flexibility index (Phi) is 4.26. The molecule has 1 N–H and O–H groups in total. The van der Waals surface area contributed by atoms with E-state index in [0.717, 1.165) is 0 Å². The van der Waals surface area contributed by atoms with E-state index in [0.29, 0.717) is 10.1 Å². The van der Waals surface area contributed by atoms with Gasteiger partial charge in [0.05, 0.1) is 10.1 Å². The van der Waals surface area contributed by atoms with Gasteiger partial charge >= 0.3 is 0 Å².